The van der Waals surface area contributed by atoms with E-state index in [0.29, 0.717) is 0 Å². The van der Waals surface area contributed by atoms with Crippen molar-refractivity contribution in [3.05, 3.63) is 30.1 Å². The van der Waals surface area contributed by atoms with Crippen molar-refractivity contribution in [1.29, 1.82) is 0 Å². The summed E-state index contributed by atoms with van der Waals surface area (Å²) < 4.78 is 24.8. The molecule has 0 N–H and O–H groups in total. The molecule has 0 bridgehead atoms. The first-order valence-corrected chi connectivity index (χ1v) is 6.65. The molecular formula is C12H15FOS. The SMILES string of the molecule is O=S(c1ccc(F)cc1)C1CCCCC1. The largest absolute Gasteiger partial charge is 0.254 e. The molecule has 1 nitrogen and oxygen atoms in total. The average Bonchev–Trinajstić information content (AvgIpc) is 2.30. The van der Waals surface area contributed by atoms with E-state index in [1.807, 2.05) is 0 Å². The fourth-order valence-electron chi connectivity index (χ4n) is 2.04. The number of hydrogen-bond donors (Lipinski definition) is 0. The van der Waals surface area contributed by atoms with Gasteiger partial charge in [0.1, 0.15) is 5.82 Å². The van der Waals surface area contributed by atoms with E-state index in [9.17, 15) is 8.60 Å². The van der Waals surface area contributed by atoms with Crippen molar-refractivity contribution in [2.45, 2.75) is 42.2 Å². The molecule has 1 unspecified atom stereocenters. The Bertz CT molecular complexity index is 341. The third-order valence-electron chi connectivity index (χ3n) is 2.90. The lowest BCUT2D eigenvalue weighted by Gasteiger charge is -2.20. The summed E-state index contributed by atoms with van der Waals surface area (Å²) in [5, 5.41) is 0.282. The van der Waals surface area contributed by atoms with Crippen molar-refractivity contribution in [1.82, 2.24) is 0 Å². The van der Waals surface area contributed by atoms with Gasteiger partial charge in [0.05, 0.1) is 10.8 Å². The molecule has 82 valence electrons. The van der Waals surface area contributed by atoms with Gasteiger partial charge in [0.15, 0.2) is 0 Å². The number of benzene rings is 1. The monoisotopic (exact) mass is 226 g/mol. The molecule has 0 spiro atoms. The maximum atomic E-state index is 12.7. The fourth-order valence-corrected chi connectivity index (χ4v) is 3.59. The quantitative estimate of drug-likeness (QED) is 0.756. The summed E-state index contributed by atoms with van der Waals surface area (Å²) >= 11 is 0. The molecule has 1 aliphatic rings. The van der Waals surface area contributed by atoms with Crippen molar-refractivity contribution in [3.63, 3.8) is 0 Å². The number of rotatable bonds is 2. The Morgan fingerprint density at radius 2 is 1.67 bits per heavy atom. The smallest absolute Gasteiger partial charge is 0.123 e. The normalized spacial score (nSPS) is 20.1. The second kappa shape index (κ2) is 4.88. The zero-order valence-corrected chi connectivity index (χ0v) is 9.43. The summed E-state index contributed by atoms with van der Waals surface area (Å²) in [6, 6.07) is 6.05. The lowest BCUT2D eigenvalue weighted by molar-refractivity contribution is 0.504. The topological polar surface area (TPSA) is 17.1 Å². The van der Waals surface area contributed by atoms with Crippen molar-refractivity contribution in [2.75, 3.05) is 0 Å². The van der Waals surface area contributed by atoms with Crippen LogP contribution in [0, 0.1) is 5.82 Å². The Morgan fingerprint density at radius 1 is 1.07 bits per heavy atom. The maximum absolute atomic E-state index is 12.7. The van der Waals surface area contributed by atoms with Gasteiger partial charge >= 0.3 is 0 Å². The summed E-state index contributed by atoms with van der Waals surface area (Å²) in [4.78, 5) is 0.767. The Balaban J connectivity index is 2.09. The molecule has 3 heteroatoms. The minimum Gasteiger partial charge on any atom is -0.254 e. The second-order valence-electron chi connectivity index (χ2n) is 4.01. The molecule has 0 aromatic heterocycles. The summed E-state index contributed by atoms with van der Waals surface area (Å²) in [5.41, 5.74) is 0. The molecule has 0 heterocycles. The maximum Gasteiger partial charge on any atom is 0.123 e. The predicted octanol–water partition coefficient (Wildman–Crippen LogP) is 3.27. The molecule has 1 aliphatic carbocycles. The van der Waals surface area contributed by atoms with Gasteiger partial charge in [0, 0.05) is 10.1 Å². The third kappa shape index (κ3) is 2.65. The third-order valence-corrected chi connectivity index (χ3v) is 4.71. The lowest BCUT2D eigenvalue weighted by Crippen LogP contribution is -2.18. The van der Waals surface area contributed by atoms with Crippen LogP contribution in [-0.4, -0.2) is 9.46 Å². The van der Waals surface area contributed by atoms with Crippen LogP contribution in [0.3, 0.4) is 0 Å². The van der Waals surface area contributed by atoms with E-state index in [2.05, 4.69) is 0 Å². The van der Waals surface area contributed by atoms with Crippen LogP contribution >= 0.6 is 0 Å². The number of hydrogen-bond acceptors (Lipinski definition) is 1. The number of halogens is 1. The molecule has 15 heavy (non-hydrogen) atoms. The molecule has 0 radical (unpaired) electrons. The highest BCUT2D eigenvalue weighted by Gasteiger charge is 2.20. The van der Waals surface area contributed by atoms with Gasteiger partial charge in [0.2, 0.25) is 0 Å². The first-order chi connectivity index (χ1) is 7.27. The van der Waals surface area contributed by atoms with Crippen LogP contribution in [0.2, 0.25) is 0 Å². The van der Waals surface area contributed by atoms with E-state index in [4.69, 9.17) is 0 Å². The molecule has 0 amide bonds. The molecule has 1 aromatic carbocycles. The highest BCUT2D eigenvalue weighted by atomic mass is 32.2. The van der Waals surface area contributed by atoms with E-state index in [1.54, 1.807) is 12.1 Å². The average molecular weight is 226 g/mol. The van der Waals surface area contributed by atoms with Gasteiger partial charge in [-0.2, -0.15) is 0 Å². The van der Waals surface area contributed by atoms with E-state index < -0.39 is 10.8 Å². The molecule has 1 saturated carbocycles. The van der Waals surface area contributed by atoms with Gasteiger partial charge in [-0.3, -0.25) is 4.21 Å². The van der Waals surface area contributed by atoms with Gasteiger partial charge in [-0.25, -0.2) is 4.39 Å². The zero-order chi connectivity index (χ0) is 10.7. The second-order valence-corrected chi connectivity index (χ2v) is 5.74. The van der Waals surface area contributed by atoms with Gasteiger partial charge in [-0.1, -0.05) is 19.3 Å². The summed E-state index contributed by atoms with van der Waals surface area (Å²) in [7, 11) is -0.945. The fraction of sp³-hybridized carbons (Fsp3) is 0.500. The van der Waals surface area contributed by atoms with Gasteiger partial charge in [0.25, 0.3) is 0 Å². The van der Waals surface area contributed by atoms with Crippen molar-refractivity contribution in [2.24, 2.45) is 0 Å². The van der Waals surface area contributed by atoms with Crippen molar-refractivity contribution in [3.8, 4) is 0 Å². The highest BCUT2D eigenvalue weighted by molar-refractivity contribution is 7.85. The summed E-state index contributed by atoms with van der Waals surface area (Å²) in [5.74, 6) is -0.264. The molecule has 2 rings (SSSR count). The van der Waals surface area contributed by atoms with Crippen LogP contribution in [0.4, 0.5) is 4.39 Å². The minimum atomic E-state index is -0.945. The Kier molecular flexibility index (Phi) is 3.52. The molecule has 1 fully saturated rings. The Hall–Kier alpha value is -0.700. The van der Waals surface area contributed by atoms with Crippen molar-refractivity contribution >= 4 is 10.8 Å². The van der Waals surface area contributed by atoms with E-state index in [-0.39, 0.29) is 11.1 Å². The van der Waals surface area contributed by atoms with Crippen molar-refractivity contribution < 1.29 is 8.60 Å². The first kappa shape index (κ1) is 10.8. The molecule has 1 aromatic rings. The predicted molar refractivity (Wildman–Crippen MR) is 59.7 cm³/mol. The van der Waals surface area contributed by atoms with Crippen LogP contribution in [0.1, 0.15) is 32.1 Å². The van der Waals surface area contributed by atoms with E-state index in [0.717, 1.165) is 17.7 Å². The van der Waals surface area contributed by atoms with Crippen LogP contribution in [0.25, 0.3) is 0 Å². The first-order valence-electron chi connectivity index (χ1n) is 5.43. The van der Waals surface area contributed by atoms with Gasteiger partial charge in [-0.15, -0.1) is 0 Å². The minimum absolute atomic E-state index is 0.264. The van der Waals surface area contributed by atoms with E-state index >= 15 is 0 Å². The van der Waals surface area contributed by atoms with Crippen LogP contribution in [0.5, 0.6) is 0 Å². The molecule has 0 aliphatic heterocycles. The lowest BCUT2D eigenvalue weighted by atomic mass is 10.0. The molecular weight excluding hydrogens is 211 g/mol. The van der Waals surface area contributed by atoms with Crippen LogP contribution in [-0.2, 0) is 10.8 Å². The van der Waals surface area contributed by atoms with Crippen LogP contribution < -0.4 is 0 Å². The van der Waals surface area contributed by atoms with Gasteiger partial charge < -0.3 is 0 Å². The molecule has 1 atom stereocenters. The Morgan fingerprint density at radius 3 is 2.27 bits per heavy atom. The van der Waals surface area contributed by atoms with Gasteiger partial charge in [-0.05, 0) is 37.1 Å². The standard InChI is InChI=1S/C12H15FOS/c13-10-6-8-12(9-7-10)15(14)11-4-2-1-3-5-11/h6-9,11H,1-5H2. The summed E-state index contributed by atoms with van der Waals surface area (Å²) in [6.07, 6.45) is 5.71. The van der Waals surface area contributed by atoms with E-state index in [1.165, 1.54) is 31.4 Å². The summed E-state index contributed by atoms with van der Waals surface area (Å²) in [6.45, 7) is 0. The van der Waals surface area contributed by atoms with Crippen LogP contribution in [0.15, 0.2) is 29.2 Å². The molecule has 0 saturated heterocycles. The highest BCUT2D eigenvalue weighted by Crippen LogP contribution is 2.25. The Labute approximate surface area is 92.2 Å². The zero-order valence-electron chi connectivity index (χ0n) is 8.62.